The van der Waals surface area contributed by atoms with E-state index in [0.29, 0.717) is 0 Å². The molecule has 0 aliphatic carbocycles. The molecule has 0 spiro atoms. The minimum atomic E-state index is -1.37. The fourth-order valence-electron chi connectivity index (χ4n) is 4.43. The lowest BCUT2D eigenvalue weighted by Gasteiger charge is -1.98. The molecule has 0 aliphatic heterocycles. The Morgan fingerprint density at radius 3 is 1.32 bits per heavy atom. The van der Waals surface area contributed by atoms with E-state index >= 15 is 0 Å². The Morgan fingerprint density at radius 1 is 0.478 bits per heavy atom. The van der Waals surface area contributed by atoms with E-state index in [1.165, 1.54) is 54.9 Å². The number of aromatic carboxylic acids is 9. The van der Waals surface area contributed by atoms with Crippen LogP contribution in [0.15, 0.2) is 114 Å². The van der Waals surface area contributed by atoms with Gasteiger partial charge in [-0.05, 0) is 79.9 Å². The molecule has 0 radical (unpaired) electrons. The van der Waals surface area contributed by atoms with Crippen molar-refractivity contribution in [1.29, 1.82) is 0 Å². The third-order valence-corrected chi connectivity index (χ3v) is 7.59. The summed E-state index contributed by atoms with van der Waals surface area (Å²) in [6.07, 6.45) is 7.55. The summed E-state index contributed by atoms with van der Waals surface area (Å²) in [6.45, 7) is 3.88. The third-order valence-electron chi connectivity index (χ3n) is 7.59. The van der Waals surface area contributed by atoms with Crippen LogP contribution in [-0.4, -0.2) is 130 Å². The van der Waals surface area contributed by atoms with Gasteiger partial charge in [0.2, 0.25) is 0 Å². The number of hydrogen-bond donors (Lipinski definition) is 10. The van der Waals surface area contributed by atoms with Gasteiger partial charge in [0.1, 0.15) is 39.9 Å². The van der Waals surface area contributed by atoms with Crippen LogP contribution in [0.5, 0.6) is 0 Å². The molecule has 360 valence electrons. The zero-order valence-corrected chi connectivity index (χ0v) is 35.9. The lowest BCUT2D eigenvalue weighted by atomic mass is 10.1. The van der Waals surface area contributed by atoms with Crippen LogP contribution in [0.25, 0.3) is 0 Å². The number of unbranched alkanes of at least 4 members (excludes halogenated alkanes) is 1. The van der Waals surface area contributed by atoms with Gasteiger partial charge in [-0.25, -0.2) is 68.1 Å². The minimum absolute atomic E-state index is 0.0810. The Hall–Kier alpha value is -10.1. The fourth-order valence-corrected chi connectivity index (χ4v) is 4.43. The van der Waals surface area contributed by atoms with Crippen LogP contribution in [0.2, 0.25) is 0 Å². The Morgan fingerprint density at radius 2 is 0.957 bits per heavy atom. The molecule has 0 aromatic carbocycles. The van der Waals surface area contributed by atoms with Crippen LogP contribution < -0.4 is 5.43 Å². The molecule has 6 rings (SSSR count). The first-order valence-corrected chi connectivity index (χ1v) is 19.0. The van der Waals surface area contributed by atoms with Crippen LogP contribution in [0.1, 0.15) is 125 Å². The van der Waals surface area contributed by atoms with Crippen LogP contribution in [0, 0.1) is 6.92 Å². The minimum Gasteiger partial charge on any atom is -0.478 e. The summed E-state index contributed by atoms with van der Waals surface area (Å²) in [5.74, 6) is -10.8. The summed E-state index contributed by atoms with van der Waals surface area (Å²) in [5.41, 5.74) is -0.701. The van der Waals surface area contributed by atoms with Crippen molar-refractivity contribution in [3.63, 3.8) is 0 Å². The summed E-state index contributed by atoms with van der Waals surface area (Å²) in [7, 11) is 0. The number of nitrogens with one attached hydrogen (secondary N) is 1. The molecule has 0 unspecified atom stereocenters. The number of aromatic nitrogens is 6. The van der Waals surface area contributed by atoms with Crippen molar-refractivity contribution in [3.8, 4) is 0 Å². The van der Waals surface area contributed by atoms with Gasteiger partial charge in [0.05, 0.1) is 5.56 Å². The standard InChI is InChI=1S/C10H13NO2.C7H5NO5.2C7H5NO4.C7H7NO2.C6H5NO2/c1-2-3-4-8-5-6-9(10(12)13)11-7-8;9-3-1-4(6(10)11)8-5(2-3)7(12)13;9-6(10)4-2-1-3-8-5(4)7(11)12;9-6(10)4-2-1-3-5(8-4)7(11)12;1-5-3-2-4-6(8-5)7(9)10;8-6(9)5-3-1-2-4-7-5/h5-7H,2-4H2,1H3,(H,12,13);1-2H,(H,8,9)(H,10,11)(H,12,13);2*1-3H,(H,9,10)(H,11,12);2-4H,1H3,(H,9,10);1-4H,(H,8,9). The Balaban J connectivity index is 0.000000416. The molecule has 25 heteroatoms. The second-order valence-electron chi connectivity index (χ2n) is 12.7. The highest BCUT2D eigenvalue weighted by atomic mass is 16.4. The molecule has 0 bridgehead atoms. The summed E-state index contributed by atoms with van der Waals surface area (Å²) in [4.78, 5) is 124. The number of nitrogens with zero attached hydrogens (tertiary/aromatic N) is 5. The Bertz CT molecular complexity index is 2720. The molecule has 0 atom stereocenters. The summed E-state index contributed by atoms with van der Waals surface area (Å²) < 4.78 is 0. The average molecular weight is 957 g/mol. The molecule has 0 amide bonds. The smallest absolute Gasteiger partial charge is 0.355 e. The third kappa shape index (κ3) is 21.9. The molecular weight excluding hydrogens is 917 g/mol. The summed E-state index contributed by atoms with van der Waals surface area (Å²) in [5, 5.41) is 76.1. The molecule has 10 N–H and O–H groups in total. The van der Waals surface area contributed by atoms with Gasteiger partial charge in [-0.2, -0.15) is 0 Å². The number of hydrogen-bond acceptors (Lipinski definition) is 15. The second-order valence-corrected chi connectivity index (χ2v) is 12.7. The van der Waals surface area contributed by atoms with Gasteiger partial charge in [0.25, 0.3) is 0 Å². The fraction of sp³-hybridized carbons (Fsp3) is 0.114. The first-order chi connectivity index (χ1) is 32.5. The van der Waals surface area contributed by atoms with E-state index in [-0.39, 0.29) is 34.0 Å². The SMILES string of the molecule is CCCCc1ccc(C(=O)O)nc1.Cc1cccc(C(=O)O)n1.O=C(O)c1cc(=O)cc(C(=O)O)[nH]1.O=C(O)c1cccc(C(=O)O)n1.O=C(O)c1ccccn1.O=C(O)c1cccnc1C(=O)O. The molecule has 0 aliphatic rings. The Kier molecular flexibility index (Phi) is 24.3. The highest BCUT2D eigenvalue weighted by Gasteiger charge is 2.16. The number of H-pyrrole nitrogens is 1. The quantitative estimate of drug-likeness (QED) is 0.0793. The van der Waals surface area contributed by atoms with Crippen LogP contribution >= 0.6 is 0 Å². The maximum atomic E-state index is 10.8. The Labute approximate surface area is 387 Å². The molecule has 69 heavy (non-hydrogen) atoms. The zero-order valence-electron chi connectivity index (χ0n) is 35.9. The molecule has 6 aromatic heterocycles. The van der Waals surface area contributed by atoms with Gasteiger partial charge >= 0.3 is 53.7 Å². The molecule has 6 heterocycles. The van der Waals surface area contributed by atoms with Gasteiger partial charge in [-0.3, -0.25) is 4.79 Å². The molecule has 0 saturated carbocycles. The number of carbonyl (C=O) groups is 9. The van der Waals surface area contributed by atoms with Crippen molar-refractivity contribution >= 4 is 53.7 Å². The van der Waals surface area contributed by atoms with Crippen LogP contribution in [0.4, 0.5) is 0 Å². The van der Waals surface area contributed by atoms with Gasteiger partial charge < -0.3 is 50.9 Å². The van der Waals surface area contributed by atoms with Crippen molar-refractivity contribution < 1.29 is 89.1 Å². The number of aromatic amines is 1. The van der Waals surface area contributed by atoms with E-state index in [4.69, 9.17) is 46.0 Å². The van der Waals surface area contributed by atoms with Crippen molar-refractivity contribution in [2.24, 2.45) is 0 Å². The van der Waals surface area contributed by atoms with Crippen molar-refractivity contribution in [2.75, 3.05) is 0 Å². The second kappa shape index (κ2) is 29.4. The van der Waals surface area contributed by atoms with Crippen molar-refractivity contribution in [1.82, 2.24) is 29.9 Å². The normalized spacial score (nSPS) is 9.42. The zero-order chi connectivity index (χ0) is 52.2. The van der Waals surface area contributed by atoms with Crippen molar-refractivity contribution in [3.05, 3.63) is 182 Å². The molecule has 6 aromatic rings. The highest BCUT2D eigenvalue weighted by Crippen LogP contribution is 2.06. The van der Waals surface area contributed by atoms with Gasteiger partial charge in [0.15, 0.2) is 11.1 Å². The van der Waals surface area contributed by atoms with Crippen molar-refractivity contribution in [2.45, 2.75) is 33.1 Å². The molecule has 0 fully saturated rings. The largest absolute Gasteiger partial charge is 0.478 e. The summed E-state index contributed by atoms with van der Waals surface area (Å²) in [6, 6.07) is 21.0. The number of aryl methyl sites for hydroxylation is 2. The van der Waals surface area contributed by atoms with E-state index in [1.807, 2.05) is 6.07 Å². The number of carboxylic acid groups (broad SMARTS) is 9. The van der Waals surface area contributed by atoms with Crippen LogP contribution in [0.3, 0.4) is 0 Å². The maximum Gasteiger partial charge on any atom is 0.355 e. The molecular formula is C44H40N6O19. The number of carboxylic acids is 9. The first kappa shape index (κ1) is 56.9. The predicted octanol–water partition coefficient (Wildman–Crippen LogP) is 4.72. The van der Waals surface area contributed by atoms with E-state index < -0.39 is 76.2 Å². The van der Waals surface area contributed by atoms with E-state index in [1.54, 1.807) is 43.5 Å². The van der Waals surface area contributed by atoms with E-state index in [9.17, 15) is 47.9 Å². The monoisotopic (exact) mass is 956 g/mol. The number of pyridine rings is 6. The first-order valence-electron chi connectivity index (χ1n) is 19.0. The molecule has 0 saturated heterocycles. The van der Waals surface area contributed by atoms with E-state index in [0.717, 1.165) is 42.7 Å². The lowest BCUT2D eigenvalue weighted by molar-refractivity contribution is 0.0646. The van der Waals surface area contributed by atoms with Gasteiger partial charge in [-0.1, -0.05) is 37.6 Å². The number of rotatable bonds is 12. The van der Waals surface area contributed by atoms with E-state index in [2.05, 4.69) is 36.8 Å². The maximum absolute atomic E-state index is 10.8. The summed E-state index contributed by atoms with van der Waals surface area (Å²) >= 11 is 0. The predicted molar refractivity (Wildman–Crippen MR) is 234 cm³/mol. The van der Waals surface area contributed by atoms with Gasteiger partial charge in [0, 0.05) is 36.4 Å². The highest BCUT2D eigenvalue weighted by molar-refractivity contribution is 6.00. The average Bonchev–Trinajstić information content (AvgIpc) is 3.32. The van der Waals surface area contributed by atoms with Crippen LogP contribution in [-0.2, 0) is 6.42 Å². The molecule has 25 nitrogen and oxygen atoms in total. The van der Waals surface area contributed by atoms with Gasteiger partial charge in [-0.15, -0.1) is 0 Å². The lowest BCUT2D eigenvalue weighted by Crippen LogP contribution is -2.13. The topological polar surface area (TPSA) is 433 Å².